The Kier molecular flexibility index (Phi) is 5.66. The molecule has 0 bridgehead atoms. The molecule has 0 atom stereocenters. The summed E-state index contributed by atoms with van der Waals surface area (Å²) >= 11 is 1.22. The number of esters is 1. The van der Waals surface area contributed by atoms with Gasteiger partial charge in [-0.05, 0) is 41.3 Å². The summed E-state index contributed by atoms with van der Waals surface area (Å²) in [5.74, 6) is 0.0370. The van der Waals surface area contributed by atoms with Crippen molar-refractivity contribution in [2.24, 2.45) is 0 Å². The molecule has 0 aliphatic carbocycles. The second kappa shape index (κ2) is 8.31. The van der Waals surface area contributed by atoms with Crippen LogP contribution in [0, 0.1) is 0 Å². The molecule has 132 valence electrons. The summed E-state index contributed by atoms with van der Waals surface area (Å²) in [5, 5.41) is 4.47. The highest BCUT2D eigenvalue weighted by Crippen LogP contribution is 2.23. The van der Waals surface area contributed by atoms with Crippen LogP contribution in [0.3, 0.4) is 0 Å². The first-order chi connectivity index (χ1) is 12.7. The molecule has 1 aromatic heterocycles. The van der Waals surface area contributed by atoms with E-state index < -0.39 is 5.97 Å². The molecule has 0 radical (unpaired) electrons. The number of thiophene rings is 1. The number of nitrogens with one attached hydrogen (secondary N) is 1. The van der Waals surface area contributed by atoms with Gasteiger partial charge in [-0.2, -0.15) is 0 Å². The maximum Gasteiger partial charge on any atom is 0.350 e. The first kappa shape index (κ1) is 17.7. The van der Waals surface area contributed by atoms with E-state index in [2.05, 4.69) is 5.32 Å². The second-order valence-electron chi connectivity index (χ2n) is 5.41. The van der Waals surface area contributed by atoms with Gasteiger partial charge in [0.25, 0.3) is 5.91 Å². The number of anilines is 1. The maximum atomic E-state index is 12.4. The highest BCUT2D eigenvalue weighted by atomic mass is 32.1. The van der Waals surface area contributed by atoms with Crippen molar-refractivity contribution >= 4 is 28.9 Å². The molecule has 1 amide bonds. The van der Waals surface area contributed by atoms with Crippen molar-refractivity contribution in [3.63, 3.8) is 0 Å². The molecule has 0 saturated carbocycles. The van der Waals surface area contributed by atoms with E-state index in [-0.39, 0.29) is 5.91 Å². The molecule has 26 heavy (non-hydrogen) atoms. The quantitative estimate of drug-likeness (QED) is 0.657. The number of hydrogen-bond acceptors (Lipinski definition) is 5. The fourth-order valence-electron chi connectivity index (χ4n) is 2.29. The summed E-state index contributed by atoms with van der Waals surface area (Å²) in [6, 6.07) is 18.3. The van der Waals surface area contributed by atoms with Gasteiger partial charge in [0.1, 0.15) is 17.2 Å². The van der Waals surface area contributed by atoms with Gasteiger partial charge in [0.2, 0.25) is 0 Å². The van der Waals surface area contributed by atoms with E-state index in [4.69, 9.17) is 9.47 Å². The van der Waals surface area contributed by atoms with Crippen molar-refractivity contribution in [3.05, 3.63) is 82.0 Å². The number of methoxy groups -OCH3 is 1. The van der Waals surface area contributed by atoms with Crippen LogP contribution < -0.4 is 10.1 Å². The van der Waals surface area contributed by atoms with Crippen LogP contribution in [-0.2, 0) is 11.3 Å². The molecule has 0 fully saturated rings. The third-order valence-electron chi connectivity index (χ3n) is 3.65. The van der Waals surface area contributed by atoms with Gasteiger partial charge >= 0.3 is 5.97 Å². The fraction of sp³-hybridized carbons (Fsp3) is 0.100. The Labute approximate surface area is 155 Å². The van der Waals surface area contributed by atoms with E-state index in [1.165, 1.54) is 18.4 Å². The Morgan fingerprint density at radius 1 is 1.00 bits per heavy atom. The van der Waals surface area contributed by atoms with Crippen molar-refractivity contribution in [1.29, 1.82) is 0 Å². The lowest BCUT2D eigenvalue weighted by Crippen LogP contribution is -2.14. The van der Waals surface area contributed by atoms with Gasteiger partial charge < -0.3 is 14.8 Å². The first-order valence-corrected chi connectivity index (χ1v) is 8.79. The summed E-state index contributed by atoms with van der Waals surface area (Å²) in [4.78, 5) is 24.4. The number of carbonyl (C=O) groups is 2. The van der Waals surface area contributed by atoms with Crippen LogP contribution in [0.4, 0.5) is 5.69 Å². The molecule has 1 heterocycles. The predicted octanol–water partition coefficient (Wildman–Crippen LogP) is 4.37. The van der Waals surface area contributed by atoms with Gasteiger partial charge in [-0.15, -0.1) is 11.3 Å². The van der Waals surface area contributed by atoms with Crippen LogP contribution in [0.25, 0.3) is 0 Å². The lowest BCUT2D eigenvalue weighted by atomic mass is 10.1. The van der Waals surface area contributed by atoms with Crippen molar-refractivity contribution in [1.82, 2.24) is 0 Å². The fourth-order valence-corrected chi connectivity index (χ4v) is 3.05. The Morgan fingerprint density at radius 3 is 2.42 bits per heavy atom. The van der Waals surface area contributed by atoms with Gasteiger partial charge in [0.15, 0.2) is 0 Å². The molecule has 5 nitrogen and oxygen atoms in total. The minimum atomic E-state index is -0.469. The van der Waals surface area contributed by atoms with Crippen LogP contribution in [0.5, 0.6) is 5.75 Å². The summed E-state index contributed by atoms with van der Waals surface area (Å²) < 4.78 is 10.4. The smallest absolute Gasteiger partial charge is 0.350 e. The lowest BCUT2D eigenvalue weighted by molar-refractivity contribution is 0.0607. The molecular formula is C20H17NO4S. The molecular weight excluding hydrogens is 350 g/mol. The van der Waals surface area contributed by atoms with Gasteiger partial charge in [-0.25, -0.2) is 4.79 Å². The van der Waals surface area contributed by atoms with Crippen molar-refractivity contribution in [2.75, 3.05) is 12.4 Å². The Bertz CT molecular complexity index is 888. The van der Waals surface area contributed by atoms with E-state index in [0.717, 1.165) is 11.3 Å². The number of para-hydroxylation sites is 1. The average molecular weight is 367 g/mol. The Morgan fingerprint density at radius 2 is 1.73 bits per heavy atom. The summed E-state index contributed by atoms with van der Waals surface area (Å²) in [7, 11) is 1.31. The van der Waals surface area contributed by atoms with E-state index in [9.17, 15) is 9.59 Å². The number of hydrogen-bond donors (Lipinski definition) is 1. The zero-order chi connectivity index (χ0) is 18.4. The number of amides is 1. The van der Waals surface area contributed by atoms with E-state index in [1.54, 1.807) is 23.6 Å². The topological polar surface area (TPSA) is 64.6 Å². The molecule has 3 rings (SSSR count). The number of rotatable bonds is 6. The van der Waals surface area contributed by atoms with Crippen molar-refractivity contribution in [3.8, 4) is 5.75 Å². The average Bonchev–Trinajstić information content (AvgIpc) is 3.15. The first-order valence-electron chi connectivity index (χ1n) is 7.91. The Balaban J connectivity index is 1.62. The van der Waals surface area contributed by atoms with E-state index in [0.29, 0.717) is 22.7 Å². The molecule has 0 saturated heterocycles. The third-order valence-corrected chi connectivity index (χ3v) is 4.54. The molecule has 1 N–H and O–H groups in total. The van der Waals surface area contributed by atoms with Crippen LogP contribution in [0.1, 0.15) is 25.6 Å². The minimum absolute atomic E-state index is 0.288. The van der Waals surface area contributed by atoms with E-state index >= 15 is 0 Å². The number of carbonyl (C=O) groups excluding carboxylic acids is 2. The summed E-state index contributed by atoms with van der Waals surface area (Å²) in [6.07, 6.45) is 0. The third kappa shape index (κ3) is 4.29. The minimum Gasteiger partial charge on any atom is -0.489 e. The number of benzene rings is 2. The standard InChI is InChI=1S/C20H17NO4S/c1-24-20(23)18-17(11-12-26-18)21-19(22)15-9-7-14(8-10-15)13-25-16-5-3-2-4-6-16/h2-12H,13H2,1H3,(H,21,22). The monoisotopic (exact) mass is 367 g/mol. The SMILES string of the molecule is COC(=O)c1sccc1NC(=O)c1ccc(COc2ccccc2)cc1. The number of ether oxygens (including phenoxy) is 2. The predicted molar refractivity (Wildman–Crippen MR) is 101 cm³/mol. The van der Waals surface area contributed by atoms with Crippen molar-refractivity contribution < 1.29 is 19.1 Å². The normalized spacial score (nSPS) is 10.2. The van der Waals surface area contributed by atoms with Gasteiger partial charge in [0.05, 0.1) is 12.8 Å². The molecule has 0 spiro atoms. The highest BCUT2D eigenvalue weighted by Gasteiger charge is 2.16. The largest absolute Gasteiger partial charge is 0.489 e. The second-order valence-corrected chi connectivity index (χ2v) is 6.32. The van der Waals surface area contributed by atoms with Crippen LogP contribution in [0.15, 0.2) is 66.0 Å². The molecule has 0 aliphatic rings. The molecule has 0 aliphatic heterocycles. The van der Waals surface area contributed by atoms with Crippen LogP contribution in [-0.4, -0.2) is 19.0 Å². The van der Waals surface area contributed by atoms with Gasteiger partial charge in [-0.3, -0.25) is 4.79 Å². The zero-order valence-corrected chi connectivity index (χ0v) is 14.9. The highest BCUT2D eigenvalue weighted by molar-refractivity contribution is 7.12. The van der Waals surface area contributed by atoms with Gasteiger partial charge in [0, 0.05) is 5.56 Å². The molecule has 6 heteroatoms. The Hall–Kier alpha value is -3.12. The van der Waals surface area contributed by atoms with Crippen molar-refractivity contribution in [2.45, 2.75) is 6.61 Å². The molecule has 3 aromatic rings. The van der Waals surface area contributed by atoms with Crippen LogP contribution >= 0.6 is 11.3 Å². The lowest BCUT2D eigenvalue weighted by Gasteiger charge is -2.08. The summed E-state index contributed by atoms with van der Waals surface area (Å²) in [5.41, 5.74) is 1.90. The summed E-state index contributed by atoms with van der Waals surface area (Å²) in [6.45, 7) is 0.420. The van der Waals surface area contributed by atoms with E-state index in [1.807, 2.05) is 42.5 Å². The van der Waals surface area contributed by atoms with Crippen LogP contribution in [0.2, 0.25) is 0 Å². The van der Waals surface area contributed by atoms with Gasteiger partial charge in [-0.1, -0.05) is 30.3 Å². The maximum absolute atomic E-state index is 12.4. The zero-order valence-electron chi connectivity index (χ0n) is 14.1. The molecule has 2 aromatic carbocycles. The molecule has 0 unspecified atom stereocenters.